The highest BCUT2D eigenvalue weighted by atomic mass is 16.2. The van der Waals surface area contributed by atoms with Gasteiger partial charge < -0.3 is 10.2 Å². The highest BCUT2D eigenvalue weighted by molar-refractivity contribution is 5.74. The summed E-state index contributed by atoms with van der Waals surface area (Å²) in [5.74, 6) is 0. The first-order valence-electron chi connectivity index (χ1n) is 7.57. The molecule has 0 spiro atoms. The van der Waals surface area contributed by atoms with Crippen LogP contribution in [0.2, 0.25) is 0 Å². The van der Waals surface area contributed by atoms with Crippen molar-refractivity contribution < 1.29 is 4.79 Å². The quantitative estimate of drug-likeness (QED) is 0.860. The Morgan fingerprint density at radius 2 is 2.20 bits per heavy atom. The first kappa shape index (κ1) is 14.9. The normalized spacial score (nSPS) is 18.6. The van der Waals surface area contributed by atoms with Crippen molar-refractivity contribution in [2.75, 3.05) is 19.6 Å². The highest BCUT2D eigenvalue weighted by Gasteiger charge is 2.25. The number of likely N-dealkylation sites (tertiary alicyclic amines) is 1. The van der Waals surface area contributed by atoms with Crippen molar-refractivity contribution in [3.63, 3.8) is 0 Å². The molecule has 0 aliphatic carbocycles. The maximum absolute atomic E-state index is 12.1. The Kier molecular flexibility index (Phi) is 5.04. The van der Waals surface area contributed by atoms with E-state index in [9.17, 15) is 4.79 Å². The van der Waals surface area contributed by atoms with Crippen molar-refractivity contribution in [2.24, 2.45) is 5.41 Å². The molecule has 2 amide bonds. The lowest BCUT2D eigenvalue weighted by Crippen LogP contribution is -2.41. The predicted octanol–water partition coefficient (Wildman–Crippen LogP) is 2.49. The van der Waals surface area contributed by atoms with E-state index in [4.69, 9.17) is 0 Å². The molecule has 1 aliphatic heterocycles. The van der Waals surface area contributed by atoms with Gasteiger partial charge in [-0.15, -0.1) is 0 Å². The molecule has 1 aliphatic rings. The van der Waals surface area contributed by atoms with E-state index in [1.807, 2.05) is 21.8 Å². The minimum absolute atomic E-state index is 0.0863. The van der Waals surface area contributed by atoms with Gasteiger partial charge in [-0.25, -0.2) is 4.79 Å². The molecule has 1 saturated heterocycles. The van der Waals surface area contributed by atoms with Crippen LogP contribution in [0.4, 0.5) is 4.79 Å². The van der Waals surface area contributed by atoms with E-state index in [0.29, 0.717) is 12.0 Å². The average Bonchev–Trinajstić information content (AvgIpc) is 2.84. The van der Waals surface area contributed by atoms with Crippen LogP contribution in [-0.2, 0) is 6.54 Å². The molecule has 0 aromatic carbocycles. The van der Waals surface area contributed by atoms with Crippen molar-refractivity contribution in [3.8, 4) is 0 Å². The fourth-order valence-electron chi connectivity index (χ4n) is 2.61. The van der Waals surface area contributed by atoms with E-state index in [1.165, 1.54) is 6.42 Å². The van der Waals surface area contributed by atoms with E-state index >= 15 is 0 Å². The summed E-state index contributed by atoms with van der Waals surface area (Å²) in [6, 6.07) is 2.00. The summed E-state index contributed by atoms with van der Waals surface area (Å²) in [6.45, 7) is 7.89. The number of urea groups is 1. The Morgan fingerprint density at radius 3 is 2.95 bits per heavy atom. The second-order valence-corrected chi connectivity index (χ2v) is 6.36. The van der Waals surface area contributed by atoms with E-state index in [2.05, 4.69) is 24.3 Å². The van der Waals surface area contributed by atoms with Crippen LogP contribution >= 0.6 is 0 Å². The van der Waals surface area contributed by atoms with E-state index in [1.54, 1.807) is 6.20 Å². The lowest BCUT2D eigenvalue weighted by Gasteiger charge is -2.23. The number of hydrogen-bond donors (Lipinski definition) is 1. The number of hydrogen-bond acceptors (Lipinski definition) is 2. The first-order chi connectivity index (χ1) is 9.57. The largest absolute Gasteiger partial charge is 0.338 e. The highest BCUT2D eigenvalue weighted by Crippen LogP contribution is 2.29. The van der Waals surface area contributed by atoms with Crippen molar-refractivity contribution in [1.29, 1.82) is 0 Å². The van der Waals surface area contributed by atoms with Gasteiger partial charge in [0, 0.05) is 38.6 Å². The van der Waals surface area contributed by atoms with Crippen LogP contribution in [0.25, 0.3) is 0 Å². The summed E-state index contributed by atoms with van der Waals surface area (Å²) < 4.78 is 1.89. The third-order valence-electron chi connectivity index (χ3n) is 4.03. The van der Waals surface area contributed by atoms with Gasteiger partial charge in [0.2, 0.25) is 0 Å². The van der Waals surface area contributed by atoms with Crippen LogP contribution < -0.4 is 5.32 Å². The molecular weight excluding hydrogens is 252 g/mol. The summed E-state index contributed by atoms with van der Waals surface area (Å²) in [4.78, 5) is 14.1. The van der Waals surface area contributed by atoms with Gasteiger partial charge in [0.05, 0.1) is 0 Å². The number of carbonyl (C=O) groups is 1. The Bertz CT molecular complexity index is 414. The van der Waals surface area contributed by atoms with Crippen LogP contribution in [0, 0.1) is 5.41 Å². The Labute approximate surface area is 121 Å². The van der Waals surface area contributed by atoms with Crippen molar-refractivity contribution in [3.05, 3.63) is 18.5 Å². The average molecular weight is 278 g/mol. The first-order valence-corrected chi connectivity index (χ1v) is 7.57. The minimum atomic E-state index is 0.0863. The summed E-state index contributed by atoms with van der Waals surface area (Å²) in [7, 11) is 0. The number of aryl methyl sites for hydroxylation is 1. The third kappa shape index (κ3) is 4.54. The Hall–Kier alpha value is -1.52. The van der Waals surface area contributed by atoms with E-state index < -0.39 is 0 Å². The third-order valence-corrected chi connectivity index (χ3v) is 4.03. The molecule has 0 saturated carbocycles. The second-order valence-electron chi connectivity index (χ2n) is 6.36. The van der Waals surface area contributed by atoms with Crippen LogP contribution in [0.15, 0.2) is 18.5 Å². The molecule has 20 heavy (non-hydrogen) atoms. The molecule has 112 valence electrons. The molecule has 0 bridgehead atoms. The van der Waals surface area contributed by atoms with Gasteiger partial charge in [-0.3, -0.25) is 4.68 Å². The maximum atomic E-state index is 12.1. The molecule has 2 heterocycles. The zero-order chi connectivity index (χ0) is 14.4. The summed E-state index contributed by atoms with van der Waals surface area (Å²) in [5, 5.41) is 7.16. The number of rotatable bonds is 4. The Morgan fingerprint density at radius 1 is 1.35 bits per heavy atom. The molecular formula is C15H26N4O. The van der Waals surface area contributed by atoms with Crippen LogP contribution in [-0.4, -0.2) is 40.3 Å². The molecule has 1 aromatic heterocycles. The topological polar surface area (TPSA) is 50.2 Å². The summed E-state index contributed by atoms with van der Waals surface area (Å²) in [6.07, 6.45) is 8.03. The Balaban J connectivity index is 1.66. The van der Waals surface area contributed by atoms with Crippen molar-refractivity contribution in [2.45, 2.75) is 46.1 Å². The lowest BCUT2D eigenvalue weighted by molar-refractivity contribution is 0.197. The smallest absolute Gasteiger partial charge is 0.317 e. The van der Waals surface area contributed by atoms with Crippen LogP contribution in [0.1, 0.15) is 39.5 Å². The fraction of sp³-hybridized carbons (Fsp3) is 0.733. The van der Waals surface area contributed by atoms with Gasteiger partial charge >= 0.3 is 6.03 Å². The van der Waals surface area contributed by atoms with E-state index in [0.717, 1.165) is 38.9 Å². The van der Waals surface area contributed by atoms with Crippen LogP contribution in [0.3, 0.4) is 0 Å². The molecule has 2 rings (SSSR count). The zero-order valence-electron chi connectivity index (χ0n) is 12.6. The SMILES string of the molecule is CC1(C)CCCN(C(=O)NCCCn2cccn2)CC1. The summed E-state index contributed by atoms with van der Waals surface area (Å²) in [5.41, 5.74) is 0.370. The van der Waals surface area contributed by atoms with Gasteiger partial charge in [0.25, 0.3) is 0 Å². The van der Waals surface area contributed by atoms with Crippen molar-refractivity contribution in [1.82, 2.24) is 20.0 Å². The van der Waals surface area contributed by atoms with Gasteiger partial charge in [-0.1, -0.05) is 13.8 Å². The number of carbonyl (C=O) groups excluding carboxylic acids is 1. The number of aromatic nitrogens is 2. The standard InChI is InChI=1S/C15H26N4O/c1-15(2)6-3-10-18(13-7-15)14(20)16-8-4-11-19-12-5-9-17-19/h5,9,12H,3-4,6-8,10-11,13H2,1-2H3,(H,16,20). The number of nitrogens with one attached hydrogen (secondary N) is 1. The molecule has 0 radical (unpaired) electrons. The van der Waals surface area contributed by atoms with Gasteiger partial charge in [0.1, 0.15) is 0 Å². The fourth-order valence-corrected chi connectivity index (χ4v) is 2.61. The molecule has 1 aromatic rings. The molecule has 5 heteroatoms. The molecule has 5 nitrogen and oxygen atoms in total. The molecule has 0 atom stereocenters. The lowest BCUT2D eigenvalue weighted by atomic mass is 9.85. The molecule has 1 fully saturated rings. The van der Waals surface area contributed by atoms with Crippen LogP contribution in [0.5, 0.6) is 0 Å². The maximum Gasteiger partial charge on any atom is 0.317 e. The van der Waals surface area contributed by atoms with Gasteiger partial charge in [-0.05, 0) is 37.2 Å². The van der Waals surface area contributed by atoms with Gasteiger partial charge in [0.15, 0.2) is 0 Å². The minimum Gasteiger partial charge on any atom is -0.338 e. The van der Waals surface area contributed by atoms with Gasteiger partial charge in [-0.2, -0.15) is 5.10 Å². The number of amides is 2. The van der Waals surface area contributed by atoms with Crippen molar-refractivity contribution >= 4 is 6.03 Å². The number of nitrogens with zero attached hydrogens (tertiary/aromatic N) is 3. The summed E-state index contributed by atoms with van der Waals surface area (Å²) >= 11 is 0. The molecule has 0 unspecified atom stereocenters. The van der Waals surface area contributed by atoms with E-state index in [-0.39, 0.29) is 6.03 Å². The monoisotopic (exact) mass is 278 g/mol. The second kappa shape index (κ2) is 6.77. The predicted molar refractivity (Wildman–Crippen MR) is 79.4 cm³/mol. The zero-order valence-corrected chi connectivity index (χ0v) is 12.6. The molecule has 1 N–H and O–H groups in total.